The van der Waals surface area contributed by atoms with E-state index in [1.54, 1.807) is 0 Å². The second kappa shape index (κ2) is 6.03. The van der Waals surface area contributed by atoms with Gasteiger partial charge in [-0.1, -0.05) is 25.1 Å². The van der Waals surface area contributed by atoms with Gasteiger partial charge in [-0.15, -0.1) is 0 Å². The van der Waals surface area contributed by atoms with Crippen LogP contribution in [0.1, 0.15) is 13.3 Å². The zero-order valence-electron chi connectivity index (χ0n) is 8.77. The minimum Gasteiger partial charge on any atom is -0.478 e. The number of benzene rings is 1. The number of carbonyl (C=O) groups is 1. The highest BCUT2D eigenvalue weighted by atomic mass is 16.5. The van der Waals surface area contributed by atoms with Gasteiger partial charge in [-0.3, -0.25) is 10.1 Å². The van der Waals surface area contributed by atoms with Gasteiger partial charge in [0.05, 0.1) is 6.04 Å². The van der Waals surface area contributed by atoms with Crippen LogP contribution in [0.2, 0.25) is 0 Å². The van der Waals surface area contributed by atoms with Crippen molar-refractivity contribution in [2.75, 3.05) is 6.73 Å². The van der Waals surface area contributed by atoms with E-state index in [1.165, 1.54) is 0 Å². The van der Waals surface area contributed by atoms with Crippen LogP contribution in [0, 0.1) is 0 Å². The quantitative estimate of drug-likeness (QED) is 0.682. The van der Waals surface area contributed by atoms with Crippen molar-refractivity contribution in [2.45, 2.75) is 19.4 Å². The lowest BCUT2D eigenvalue weighted by Crippen LogP contribution is -2.42. The molecule has 4 heteroatoms. The Bertz CT molecular complexity index is 301. The number of primary amides is 1. The Morgan fingerprint density at radius 1 is 1.47 bits per heavy atom. The monoisotopic (exact) mass is 208 g/mol. The number of hydrogen-bond acceptors (Lipinski definition) is 3. The molecule has 0 bridgehead atoms. The van der Waals surface area contributed by atoms with Crippen molar-refractivity contribution in [3.8, 4) is 5.75 Å². The lowest BCUT2D eigenvalue weighted by Gasteiger charge is -2.13. The first-order valence-corrected chi connectivity index (χ1v) is 4.94. The van der Waals surface area contributed by atoms with Gasteiger partial charge in [0, 0.05) is 0 Å². The maximum atomic E-state index is 10.9. The minimum absolute atomic E-state index is 0.283. The van der Waals surface area contributed by atoms with Crippen molar-refractivity contribution in [2.24, 2.45) is 5.73 Å². The van der Waals surface area contributed by atoms with Gasteiger partial charge in [-0.25, -0.2) is 0 Å². The summed E-state index contributed by atoms with van der Waals surface area (Å²) in [4.78, 5) is 10.9. The third-order valence-corrected chi connectivity index (χ3v) is 2.06. The molecule has 0 heterocycles. The lowest BCUT2D eigenvalue weighted by atomic mass is 10.2. The highest BCUT2D eigenvalue weighted by molar-refractivity contribution is 5.79. The summed E-state index contributed by atoms with van der Waals surface area (Å²) in [7, 11) is 0. The Labute approximate surface area is 89.4 Å². The van der Waals surface area contributed by atoms with Crippen molar-refractivity contribution < 1.29 is 9.53 Å². The Morgan fingerprint density at radius 2 is 2.13 bits per heavy atom. The zero-order chi connectivity index (χ0) is 11.1. The average Bonchev–Trinajstić information content (AvgIpc) is 2.25. The van der Waals surface area contributed by atoms with Gasteiger partial charge in [0.2, 0.25) is 5.91 Å². The molecule has 1 rings (SSSR count). The van der Waals surface area contributed by atoms with Crippen molar-refractivity contribution >= 4 is 5.91 Å². The number of nitrogens with two attached hydrogens (primary N) is 1. The topological polar surface area (TPSA) is 64.3 Å². The molecule has 82 valence electrons. The van der Waals surface area contributed by atoms with Crippen LogP contribution >= 0.6 is 0 Å². The van der Waals surface area contributed by atoms with Crippen molar-refractivity contribution in [1.82, 2.24) is 5.32 Å². The fourth-order valence-corrected chi connectivity index (χ4v) is 1.19. The maximum Gasteiger partial charge on any atom is 0.234 e. The van der Waals surface area contributed by atoms with Crippen molar-refractivity contribution in [1.29, 1.82) is 0 Å². The van der Waals surface area contributed by atoms with E-state index in [1.807, 2.05) is 37.3 Å². The van der Waals surface area contributed by atoms with E-state index in [9.17, 15) is 4.79 Å². The normalized spacial score (nSPS) is 12.1. The standard InChI is InChI=1S/C11H16N2O2/c1-2-10(11(12)14)13-8-15-9-6-4-3-5-7-9/h3-7,10,13H,2,8H2,1H3,(H2,12,14). The molecule has 3 N–H and O–H groups in total. The summed E-state index contributed by atoms with van der Waals surface area (Å²) in [6.45, 7) is 2.18. The number of nitrogens with one attached hydrogen (secondary N) is 1. The lowest BCUT2D eigenvalue weighted by molar-refractivity contribution is -0.120. The van der Waals surface area contributed by atoms with Crippen LogP contribution in [0.25, 0.3) is 0 Å². The van der Waals surface area contributed by atoms with E-state index in [2.05, 4.69) is 5.32 Å². The summed E-state index contributed by atoms with van der Waals surface area (Å²) < 4.78 is 5.37. The van der Waals surface area contributed by atoms with Crippen LogP contribution in [0.15, 0.2) is 30.3 Å². The van der Waals surface area contributed by atoms with Crippen LogP contribution < -0.4 is 15.8 Å². The number of rotatable bonds is 6. The summed E-state index contributed by atoms with van der Waals surface area (Å²) in [5.41, 5.74) is 5.17. The Kier molecular flexibility index (Phi) is 4.63. The molecule has 1 unspecified atom stereocenters. The molecule has 0 saturated carbocycles. The van der Waals surface area contributed by atoms with Crippen molar-refractivity contribution in [3.05, 3.63) is 30.3 Å². The molecule has 0 aliphatic heterocycles. The summed E-state index contributed by atoms with van der Waals surface area (Å²) in [6.07, 6.45) is 0.660. The zero-order valence-corrected chi connectivity index (χ0v) is 8.77. The first-order valence-electron chi connectivity index (χ1n) is 4.94. The molecule has 0 aliphatic carbocycles. The van der Waals surface area contributed by atoms with Gasteiger partial charge in [0.1, 0.15) is 12.5 Å². The molecular formula is C11H16N2O2. The molecule has 0 radical (unpaired) electrons. The number of ether oxygens (including phenoxy) is 1. The van der Waals surface area contributed by atoms with E-state index in [-0.39, 0.29) is 18.7 Å². The number of hydrogen-bond donors (Lipinski definition) is 2. The van der Waals surface area contributed by atoms with E-state index in [0.717, 1.165) is 5.75 Å². The summed E-state index contributed by atoms with van der Waals surface area (Å²) in [5.74, 6) is 0.415. The molecule has 1 aromatic rings. The number of amides is 1. The van der Waals surface area contributed by atoms with Crippen LogP contribution in [0.5, 0.6) is 5.75 Å². The van der Waals surface area contributed by atoms with Crippen LogP contribution in [-0.4, -0.2) is 18.7 Å². The Hall–Kier alpha value is -1.55. The predicted octanol–water partition coefficient (Wildman–Crippen LogP) is 0.876. The van der Waals surface area contributed by atoms with Crippen LogP contribution in [-0.2, 0) is 4.79 Å². The number of carbonyl (C=O) groups excluding carboxylic acids is 1. The van der Waals surface area contributed by atoms with E-state index in [0.29, 0.717) is 6.42 Å². The smallest absolute Gasteiger partial charge is 0.234 e. The van der Waals surface area contributed by atoms with Crippen LogP contribution in [0.4, 0.5) is 0 Å². The molecule has 1 amide bonds. The van der Waals surface area contributed by atoms with E-state index in [4.69, 9.17) is 10.5 Å². The van der Waals surface area contributed by atoms with Crippen LogP contribution in [0.3, 0.4) is 0 Å². The Morgan fingerprint density at radius 3 is 2.67 bits per heavy atom. The fraction of sp³-hybridized carbons (Fsp3) is 0.364. The molecule has 0 aromatic heterocycles. The third-order valence-electron chi connectivity index (χ3n) is 2.06. The first kappa shape index (κ1) is 11.5. The van der Waals surface area contributed by atoms with Gasteiger partial charge in [-0.05, 0) is 18.6 Å². The third kappa shape index (κ3) is 3.99. The largest absolute Gasteiger partial charge is 0.478 e. The van der Waals surface area contributed by atoms with Gasteiger partial charge >= 0.3 is 0 Å². The van der Waals surface area contributed by atoms with Gasteiger partial charge < -0.3 is 10.5 Å². The highest BCUT2D eigenvalue weighted by Crippen LogP contribution is 2.07. The summed E-state index contributed by atoms with van der Waals surface area (Å²) in [5, 5.41) is 2.92. The molecule has 4 nitrogen and oxygen atoms in total. The molecule has 0 saturated heterocycles. The molecule has 1 atom stereocenters. The van der Waals surface area contributed by atoms with E-state index >= 15 is 0 Å². The molecular weight excluding hydrogens is 192 g/mol. The fourth-order valence-electron chi connectivity index (χ4n) is 1.19. The SMILES string of the molecule is CCC(NCOc1ccccc1)C(N)=O. The Balaban J connectivity index is 2.30. The molecule has 0 spiro atoms. The highest BCUT2D eigenvalue weighted by Gasteiger charge is 2.10. The second-order valence-electron chi connectivity index (χ2n) is 3.17. The number of para-hydroxylation sites is 1. The van der Waals surface area contributed by atoms with Gasteiger partial charge in [-0.2, -0.15) is 0 Å². The molecule has 1 aromatic carbocycles. The summed E-state index contributed by atoms with van der Waals surface area (Å²) >= 11 is 0. The first-order chi connectivity index (χ1) is 7.24. The molecule has 15 heavy (non-hydrogen) atoms. The molecule has 0 fully saturated rings. The predicted molar refractivity (Wildman–Crippen MR) is 58.3 cm³/mol. The second-order valence-corrected chi connectivity index (χ2v) is 3.17. The van der Waals surface area contributed by atoms with Gasteiger partial charge in [0.15, 0.2) is 0 Å². The average molecular weight is 208 g/mol. The van der Waals surface area contributed by atoms with Crippen molar-refractivity contribution in [3.63, 3.8) is 0 Å². The molecule has 0 aliphatic rings. The summed E-state index contributed by atoms with van der Waals surface area (Å²) in [6, 6.07) is 9.08. The van der Waals surface area contributed by atoms with Gasteiger partial charge in [0.25, 0.3) is 0 Å². The van der Waals surface area contributed by atoms with E-state index < -0.39 is 0 Å². The maximum absolute atomic E-state index is 10.9. The minimum atomic E-state index is -0.353.